The van der Waals surface area contributed by atoms with Crippen molar-refractivity contribution in [2.24, 2.45) is 46.3 Å². The van der Waals surface area contributed by atoms with Crippen molar-refractivity contribution < 1.29 is 14.0 Å². The summed E-state index contributed by atoms with van der Waals surface area (Å²) in [5.74, 6) is 5.22. The van der Waals surface area contributed by atoms with Gasteiger partial charge in [-0.2, -0.15) is 0 Å². The quantitative estimate of drug-likeness (QED) is 0.200. The summed E-state index contributed by atoms with van der Waals surface area (Å²) in [6.07, 6.45) is 17.2. The monoisotopic (exact) mass is 486 g/mol. The number of quaternary nitrogens is 1. The maximum absolute atomic E-state index is 12.5. The van der Waals surface area contributed by atoms with Crippen LogP contribution in [0.1, 0.15) is 105 Å². The van der Waals surface area contributed by atoms with Crippen LogP contribution in [0.3, 0.4) is 0 Å². The number of rotatable bonds is 8. The number of ether oxygens (including phenoxy) is 1. The Morgan fingerprint density at radius 1 is 1.03 bits per heavy atom. The van der Waals surface area contributed by atoms with Crippen LogP contribution in [0.4, 0.5) is 0 Å². The van der Waals surface area contributed by atoms with Crippen molar-refractivity contribution in [1.29, 1.82) is 0 Å². The molecule has 8 atom stereocenters. The summed E-state index contributed by atoms with van der Waals surface area (Å²) in [7, 11) is 6.17. The predicted octanol–water partition coefficient (Wildman–Crippen LogP) is 7.65. The van der Waals surface area contributed by atoms with Crippen LogP contribution in [0.5, 0.6) is 0 Å². The molecular formula is C32H56NO2+. The maximum Gasteiger partial charge on any atom is 0.362 e. The lowest BCUT2D eigenvalue weighted by Gasteiger charge is -2.58. The molecule has 35 heavy (non-hydrogen) atoms. The fourth-order valence-electron chi connectivity index (χ4n) is 9.36. The largest absolute Gasteiger partial charge is 0.458 e. The highest BCUT2D eigenvalue weighted by Crippen LogP contribution is 2.67. The molecule has 0 aromatic carbocycles. The molecule has 0 bridgehead atoms. The van der Waals surface area contributed by atoms with E-state index in [1.54, 1.807) is 5.57 Å². The molecule has 200 valence electrons. The highest BCUT2D eigenvalue weighted by Gasteiger charge is 2.59. The number of likely N-dealkylation sites (N-methyl/N-ethyl adjacent to an activating group) is 1. The Bertz CT molecular complexity index is 794. The van der Waals surface area contributed by atoms with Crippen molar-refractivity contribution in [3.05, 3.63) is 11.6 Å². The zero-order valence-corrected chi connectivity index (χ0v) is 24.4. The number of carbonyl (C=O) groups is 1. The van der Waals surface area contributed by atoms with Gasteiger partial charge in [-0.3, -0.25) is 0 Å². The van der Waals surface area contributed by atoms with E-state index >= 15 is 0 Å². The standard InChI is InChI=1S/C32H56NO2/c1-22(2)10-9-11-23(3)27-14-15-28-26-13-12-24-20-25(35-30(34)21-33(6,7)8)16-18-31(24,4)29(26)17-19-32(27,28)5/h12,22-23,25-29H,9-11,13-21H2,1-8H3/q+1/t23?,25-,26?,27+,28-,29-,31?,32?/m0/s1. The SMILES string of the molecule is CC(C)CCCC(C)[C@H]1CC[C@H]2C3CC=C4C[C@@H](OC(=O)C[N+](C)(C)C)CCC4(C)[C@H]3CCC12C. The molecule has 4 aliphatic rings. The van der Waals surface area contributed by atoms with Gasteiger partial charge in [0.2, 0.25) is 0 Å². The lowest BCUT2D eigenvalue weighted by Crippen LogP contribution is -2.51. The average Bonchev–Trinajstić information content (AvgIpc) is 3.09. The summed E-state index contributed by atoms with van der Waals surface area (Å²) < 4.78 is 6.61. The first-order chi connectivity index (χ1) is 16.3. The van der Waals surface area contributed by atoms with Crippen molar-refractivity contribution in [1.82, 2.24) is 0 Å². The Morgan fingerprint density at radius 2 is 1.77 bits per heavy atom. The van der Waals surface area contributed by atoms with Gasteiger partial charge in [-0.05, 0) is 91.3 Å². The minimum absolute atomic E-state index is 0.0340. The molecule has 0 N–H and O–H groups in total. The third-order valence-corrected chi connectivity index (χ3v) is 11.2. The van der Waals surface area contributed by atoms with Crippen molar-refractivity contribution in [3.63, 3.8) is 0 Å². The first-order valence-electron chi connectivity index (χ1n) is 15.0. The van der Waals surface area contributed by atoms with E-state index in [0.717, 1.165) is 48.3 Å². The van der Waals surface area contributed by atoms with Crippen LogP contribution in [0.25, 0.3) is 0 Å². The lowest BCUT2D eigenvalue weighted by molar-refractivity contribution is -0.862. The zero-order valence-electron chi connectivity index (χ0n) is 24.4. The molecule has 4 unspecified atom stereocenters. The summed E-state index contributed by atoms with van der Waals surface area (Å²) in [5, 5.41) is 0. The van der Waals surface area contributed by atoms with Gasteiger partial charge in [0.25, 0.3) is 0 Å². The summed E-state index contributed by atoms with van der Waals surface area (Å²) in [6, 6.07) is 0. The summed E-state index contributed by atoms with van der Waals surface area (Å²) in [6.45, 7) is 13.0. The summed E-state index contributed by atoms with van der Waals surface area (Å²) in [5.41, 5.74) is 2.50. The minimum atomic E-state index is -0.0340. The van der Waals surface area contributed by atoms with E-state index in [1.165, 1.54) is 57.8 Å². The highest BCUT2D eigenvalue weighted by molar-refractivity contribution is 5.70. The van der Waals surface area contributed by atoms with Gasteiger partial charge in [-0.15, -0.1) is 0 Å². The molecule has 0 heterocycles. The second-order valence-corrected chi connectivity index (χ2v) is 15.1. The second kappa shape index (κ2) is 10.1. The number of fused-ring (bicyclic) bond motifs is 5. The van der Waals surface area contributed by atoms with E-state index in [-0.39, 0.29) is 12.1 Å². The Balaban J connectivity index is 1.42. The van der Waals surface area contributed by atoms with Crippen LogP contribution < -0.4 is 0 Å². The highest BCUT2D eigenvalue weighted by atomic mass is 16.5. The molecule has 0 spiro atoms. The van der Waals surface area contributed by atoms with E-state index in [0.29, 0.717) is 21.9 Å². The van der Waals surface area contributed by atoms with Gasteiger partial charge in [0.15, 0.2) is 6.54 Å². The fourth-order valence-corrected chi connectivity index (χ4v) is 9.36. The van der Waals surface area contributed by atoms with Crippen LogP contribution in [-0.2, 0) is 9.53 Å². The smallest absolute Gasteiger partial charge is 0.362 e. The molecule has 4 aliphatic carbocycles. The van der Waals surface area contributed by atoms with Crippen molar-refractivity contribution in [2.45, 2.75) is 111 Å². The average molecular weight is 487 g/mol. The van der Waals surface area contributed by atoms with Gasteiger partial charge < -0.3 is 9.22 Å². The molecule has 0 aromatic heterocycles. The molecule has 0 aliphatic heterocycles. The number of nitrogens with zero attached hydrogens (tertiary/aromatic N) is 1. The molecule has 3 nitrogen and oxygen atoms in total. The molecule has 0 aromatic rings. The molecule has 4 rings (SSSR count). The van der Waals surface area contributed by atoms with Gasteiger partial charge in [0.1, 0.15) is 6.10 Å². The van der Waals surface area contributed by atoms with Gasteiger partial charge in [-0.1, -0.05) is 65.5 Å². The van der Waals surface area contributed by atoms with Gasteiger partial charge >= 0.3 is 5.97 Å². The van der Waals surface area contributed by atoms with E-state index in [2.05, 4.69) is 61.8 Å². The molecular weight excluding hydrogens is 430 g/mol. The molecule has 0 amide bonds. The van der Waals surface area contributed by atoms with Crippen LogP contribution in [-0.4, -0.2) is 44.2 Å². The second-order valence-electron chi connectivity index (χ2n) is 15.1. The molecule has 0 radical (unpaired) electrons. The third kappa shape index (κ3) is 5.55. The first kappa shape index (κ1) is 27.2. The Hall–Kier alpha value is -0.830. The Kier molecular flexibility index (Phi) is 7.89. The van der Waals surface area contributed by atoms with Crippen LogP contribution >= 0.6 is 0 Å². The number of allylic oxidation sites excluding steroid dienone is 1. The molecule has 0 saturated heterocycles. The Morgan fingerprint density at radius 3 is 2.46 bits per heavy atom. The third-order valence-electron chi connectivity index (χ3n) is 11.2. The van der Waals surface area contributed by atoms with Gasteiger partial charge in [-0.25, -0.2) is 4.79 Å². The number of esters is 1. The van der Waals surface area contributed by atoms with Crippen molar-refractivity contribution in [3.8, 4) is 0 Å². The normalized spacial score (nSPS) is 39.9. The Labute approximate surface area is 217 Å². The lowest BCUT2D eigenvalue weighted by atomic mass is 9.47. The van der Waals surface area contributed by atoms with Crippen LogP contribution in [0.2, 0.25) is 0 Å². The number of hydrogen-bond donors (Lipinski definition) is 0. The minimum Gasteiger partial charge on any atom is -0.458 e. The molecule has 3 fully saturated rings. The van der Waals surface area contributed by atoms with Crippen molar-refractivity contribution in [2.75, 3.05) is 27.7 Å². The number of carbonyl (C=O) groups excluding carboxylic acids is 1. The fraction of sp³-hybridized carbons (Fsp3) is 0.906. The van der Waals surface area contributed by atoms with Crippen LogP contribution in [0, 0.1) is 46.3 Å². The van der Waals surface area contributed by atoms with Gasteiger partial charge in [0.05, 0.1) is 21.1 Å². The maximum atomic E-state index is 12.5. The topological polar surface area (TPSA) is 26.3 Å². The summed E-state index contributed by atoms with van der Waals surface area (Å²) in [4.78, 5) is 12.5. The zero-order chi connectivity index (χ0) is 25.6. The molecule has 3 saturated carbocycles. The predicted molar refractivity (Wildman–Crippen MR) is 146 cm³/mol. The van der Waals surface area contributed by atoms with Gasteiger partial charge in [0, 0.05) is 6.42 Å². The summed E-state index contributed by atoms with van der Waals surface area (Å²) >= 11 is 0. The van der Waals surface area contributed by atoms with E-state index in [9.17, 15) is 4.79 Å². The number of hydrogen-bond acceptors (Lipinski definition) is 2. The van der Waals surface area contributed by atoms with Crippen LogP contribution in [0.15, 0.2) is 11.6 Å². The molecule has 3 heteroatoms. The van der Waals surface area contributed by atoms with Crippen molar-refractivity contribution >= 4 is 5.97 Å². The van der Waals surface area contributed by atoms with E-state index in [1.807, 2.05) is 0 Å². The van der Waals surface area contributed by atoms with E-state index < -0.39 is 0 Å². The first-order valence-corrected chi connectivity index (χ1v) is 15.0. The van der Waals surface area contributed by atoms with E-state index in [4.69, 9.17) is 4.74 Å².